The molecule has 3 amide bonds. The molecular weight excluding hydrogens is 466 g/mol. The summed E-state index contributed by atoms with van der Waals surface area (Å²) in [6, 6.07) is 15.5. The Labute approximate surface area is 207 Å². The molecule has 2 atom stereocenters. The number of rotatable bonds is 5. The number of aryl methyl sites for hydroxylation is 2. The van der Waals surface area contributed by atoms with Crippen molar-refractivity contribution in [1.29, 1.82) is 5.26 Å². The Hall–Kier alpha value is -3.96. The first kappa shape index (κ1) is 24.2. The summed E-state index contributed by atoms with van der Waals surface area (Å²) in [4.78, 5) is 44.0. The summed E-state index contributed by atoms with van der Waals surface area (Å²) in [5, 5.41) is 16.0. The summed E-state index contributed by atoms with van der Waals surface area (Å²) in [5.41, 5.74) is 3.40. The molecule has 8 nitrogen and oxygen atoms in total. The van der Waals surface area contributed by atoms with Gasteiger partial charge in [0.2, 0.25) is 11.8 Å². The summed E-state index contributed by atoms with van der Waals surface area (Å²) in [6.07, 6.45) is 0.237. The third kappa shape index (κ3) is 5.26. The van der Waals surface area contributed by atoms with Gasteiger partial charge in [0.05, 0.1) is 29.1 Å². The molecule has 1 aliphatic rings. The zero-order valence-corrected chi connectivity index (χ0v) is 20.1. The van der Waals surface area contributed by atoms with Crippen LogP contribution in [-0.2, 0) is 9.59 Å². The zero-order chi connectivity index (χ0) is 25.1. The molecule has 0 bridgehead atoms. The number of hydrogen-bond donors (Lipinski definition) is 2. The van der Waals surface area contributed by atoms with E-state index in [1.165, 1.54) is 11.0 Å². The Morgan fingerprint density at radius 3 is 2.63 bits per heavy atom. The maximum Gasteiger partial charge on any atom is 0.251 e. The molecule has 35 heavy (non-hydrogen) atoms. The standard InChI is InChI=1S/C26H24ClN5O3/c1-15-8-17-9-18(11-22(27)24(17)30-16(15)2)25(34)29-13-23(33)32-14-19(10-21(32)12-28)26(35)31-20-6-4-3-5-7-20/h3-9,11,19,21H,10,13-14H2,1-2H3,(H,29,34)(H,31,35). The largest absolute Gasteiger partial charge is 0.343 e. The maximum absolute atomic E-state index is 12.8. The Balaban J connectivity index is 1.40. The second-order valence-corrected chi connectivity index (χ2v) is 8.99. The van der Waals surface area contributed by atoms with Gasteiger partial charge in [0.1, 0.15) is 6.04 Å². The lowest BCUT2D eigenvalue weighted by Crippen LogP contribution is -2.42. The number of fused-ring (bicyclic) bond motifs is 1. The number of carbonyl (C=O) groups excluding carboxylic acids is 3. The first-order valence-corrected chi connectivity index (χ1v) is 11.6. The highest BCUT2D eigenvalue weighted by atomic mass is 35.5. The lowest BCUT2D eigenvalue weighted by molar-refractivity contribution is -0.130. The van der Waals surface area contributed by atoms with Crippen LogP contribution in [0.1, 0.15) is 28.0 Å². The summed E-state index contributed by atoms with van der Waals surface area (Å²) in [6.45, 7) is 3.62. The third-order valence-corrected chi connectivity index (χ3v) is 6.45. The fourth-order valence-electron chi connectivity index (χ4n) is 4.12. The predicted molar refractivity (Wildman–Crippen MR) is 133 cm³/mol. The van der Waals surface area contributed by atoms with Gasteiger partial charge in [0.25, 0.3) is 5.91 Å². The topological polar surface area (TPSA) is 115 Å². The number of carbonyl (C=O) groups is 3. The SMILES string of the molecule is Cc1cc2cc(C(=O)NCC(=O)N3CC(C(=O)Nc4ccccc4)CC3C#N)cc(Cl)c2nc1C. The van der Waals surface area contributed by atoms with Gasteiger partial charge in [-0.15, -0.1) is 0 Å². The number of benzene rings is 2. The number of pyridine rings is 1. The van der Waals surface area contributed by atoms with Crippen LogP contribution < -0.4 is 10.6 Å². The minimum absolute atomic E-state index is 0.109. The van der Waals surface area contributed by atoms with Crippen molar-refractivity contribution in [1.82, 2.24) is 15.2 Å². The van der Waals surface area contributed by atoms with Crippen LogP contribution in [0.15, 0.2) is 48.5 Å². The van der Waals surface area contributed by atoms with E-state index in [1.54, 1.807) is 18.2 Å². The van der Waals surface area contributed by atoms with E-state index in [0.717, 1.165) is 16.6 Å². The van der Waals surface area contributed by atoms with Crippen molar-refractivity contribution in [3.05, 3.63) is 70.4 Å². The molecule has 0 spiro atoms. The van der Waals surface area contributed by atoms with Gasteiger partial charge < -0.3 is 15.5 Å². The second-order valence-electron chi connectivity index (χ2n) is 8.58. The molecule has 1 aromatic heterocycles. The fourth-order valence-corrected chi connectivity index (χ4v) is 4.39. The van der Waals surface area contributed by atoms with E-state index >= 15 is 0 Å². The van der Waals surface area contributed by atoms with Gasteiger partial charge >= 0.3 is 0 Å². The van der Waals surface area contributed by atoms with Crippen LogP contribution in [0.5, 0.6) is 0 Å². The lowest BCUT2D eigenvalue weighted by atomic mass is 10.1. The molecule has 2 N–H and O–H groups in total. The number of nitriles is 1. The van der Waals surface area contributed by atoms with Crippen LogP contribution in [0.4, 0.5) is 5.69 Å². The number of likely N-dealkylation sites (tertiary alicyclic amines) is 1. The second kappa shape index (κ2) is 10.1. The molecule has 1 aliphatic heterocycles. The van der Waals surface area contributed by atoms with Crippen molar-refractivity contribution in [2.45, 2.75) is 26.3 Å². The molecule has 178 valence electrons. The number of halogens is 1. The van der Waals surface area contributed by atoms with Gasteiger partial charge in [0.15, 0.2) is 0 Å². The molecule has 1 fully saturated rings. The lowest BCUT2D eigenvalue weighted by Gasteiger charge is -2.20. The van der Waals surface area contributed by atoms with E-state index < -0.39 is 23.8 Å². The fraction of sp³-hybridized carbons (Fsp3) is 0.269. The van der Waals surface area contributed by atoms with Gasteiger partial charge in [-0.05, 0) is 56.2 Å². The number of hydrogen-bond acceptors (Lipinski definition) is 5. The Morgan fingerprint density at radius 2 is 1.91 bits per heavy atom. The molecule has 3 aromatic rings. The van der Waals surface area contributed by atoms with Crippen LogP contribution in [-0.4, -0.2) is 46.7 Å². The average molecular weight is 490 g/mol. The Kier molecular flexibility index (Phi) is 6.99. The first-order chi connectivity index (χ1) is 16.8. The van der Waals surface area contributed by atoms with E-state index in [1.807, 2.05) is 38.1 Å². The van der Waals surface area contributed by atoms with Crippen molar-refractivity contribution >= 4 is 45.9 Å². The number of para-hydroxylation sites is 1. The smallest absolute Gasteiger partial charge is 0.251 e. The van der Waals surface area contributed by atoms with Gasteiger partial charge in [-0.25, -0.2) is 0 Å². The molecular formula is C26H24ClN5O3. The quantitative estimate of drug-likeness (QED) is 0.568. The number of nitrogens with zero attached hydrogens (tertiary/aromatic N) is 3. The molecule has 0 aliphatic carbocycles. The van der Waals surface area contributed by atoms with E-state index in [2.05, 4.69) is 21.7 Å². The van der Waals surface area contributed by atoms with Crippen LogP contribution in [0.2, 0.25) is 5.02 Å². The molecule has 0 radical (unpaired) electrons. The Bertz CT molecular complexity index is 1350. The van der Waals surface area contributed by atoms with Crippen molar-refractivity contribution in [3.63, 3.8) is 0 Å². The van der Waals surface area contributed by atoms with Gasteiger partial charge in [-0.2, -0.15) is 5.26 Å². The monoisotopic (exact) mass is 489 g/mol. The average Bonchev–Trinajstić information content (AvgIpc) is 3.29. The minimum Gasteiger partial charge on any atom is -0.343 e. The maximum atomic E-state index is 12.8. The summed E-state index contributed by atoms with van der Waals surface area (Å²) < 4.78 is 0. The van der Waals surface area contributed by atoms with Crippen molar-refractivity contribution in [2.75, 3.05) is 18.4 Å². The van der Waals surface area contributed by atoms with Crippen LogP contribution in [0.25, 0.3) is 10.9 Å². The normalized spacial score (nSPS) is 17.1. The van der Waals surface area contributed by atoms with Gasteiger partial charge in [0, 0.05) is 28.9 Å². The predicted octanol–water partition coefficient (Wildman–Crippen LogP) is 3.61. The molecule has 0 saturated carbocycles. The molecule has 2 aromatic carbocycles. The molecule has 4 rings (SSSR count). The Morgan fingerprint density at radius 1 is 1.17 bits per heavy atom. The zero-order valence-electron chi connectivity index (χ0n) is 19.3. The van der Waals surface area contributed by atoms with Crippen molar-refractivity contribution < 1.29 is 14.4 Å². The number of amides is 3. The van der Waals surface area contributed by atoms with E-state index in [0.29, 0.717) is 21.8 Å². The van der Waals surface area contributed by atoms with Crippen molar-refractivity contribution in [2.24, 2.45) is 5.92 Å². The highest BCUT2D eigenvalue weighted by molar-refractivity contribution is 6.35. The molecule has 2 heterocycles. The third-order valence-electron chi connectivity index (χ3n) is 6.16. The van der Waals surface area contributed by atoms with E-state index in [9.17, 15) is 19.6 Å². The van der Waals surface area contributed by atoms with E-state index in [-0.39, 0.29) is 25.4 Å². The van der Waals surface area contributed by atoms with Crippen molar-refractivity contribution in [3.8, 4) is 6.07 Å². The highest BCUT2D eigenvalue weighted by Gasteiger charge is 2.38. The van der Waals surface area contributed by atoms with Crippen LogP contribution >= 0.6 is 11.6 Å². The first-order valence-electron chi connectivity index (χ1n) is 11.2. The van der Waals surface area contributed by atoms with Gasteiger partial charge in [-0.3, -0.25) is 19.4 Å². The van der Waals surface area contributed by atoms with E-state index in [4.69, 9.17) is 11.6 Å². The number of anilines is 1. The van der Waals surface area contributed by atoms with Crippen LogP contribution in [0.3, 0.4) is 0 Å². The molecule has 1 saturated heterocycles. The highest BCUT2D eigenvalue weighted by Crippen LogP contribution is 2.26. The molecule has 2 unspecified atom stereocenters. The van der Waals surface area contributed by atoms with Crippen LogP contribution in [0, 0.1) is 31.1 Å². The minimum atomic E-state index is -0.738. The summed E-state index contributed by atoms with van der Waals surface area (Å²) in [5.74, 6) is -1.66. The molecule has 9 heteroatoms. The number of nitrogens with one attached hydrogen (secondary N) is 2. The summed E-state index contributed by atoms with van der Waals surface area (Å²) in [7, 11) is 0. The summed E-state index contributed by atoms with van der Waals surface area (Å²) >= 11 is 6.35. The van der Waals surface area contributed by atoms with Gasteiger partial charge in [-0.1, -0.05) is 29.8 Å². The number of aromatic nitrogens is 1.